The summed E-state index contributed by atoms with van der Waals surface area (Å²) in [4.78, 5) is 112. The molecule has 26 nitrogen and oxygen atoms in total. The smallest absolute Gasteiger partial charge is 0.756 e. The fraction of sp³-hybridized carbons (Fsp3) is 0.623. The molecular weight excluding hydrogens is 1210 g/mol. The predicted molar refractivity (Wildman–Crippen MR) is 324 cm³/mol. The number of aliphatic hydroxyl groups excluding tert-OH is 2. The van der Waals surface area contributed by atoms with Crippen LogP contribution in [0.4, 0.5) is 0 Å². The maximum Gasteiger partial charge on any atom is 3.00 e. The number of primary amides is 3. The number of aryl methyl sites for hydroxylation is 2. The molecule has 89 heavy (non-hydrogen) atoms. The van der Waals surface area contributed by atoms with Gasteiger partial charge in [-0.05, 0) is 113 Å². The van der Waals surface area contributed by atoms with Gasteiger partial charge in [-0.15, -0.1) is 0 Å². The molecule has 28 heteroatoms. The van der Waals surface area contributed by atoms with E-state index in [2.05, 4.69) is 20.9 Å². The summed E-state index contributed by atoms with van der Waals surface area (Å²) in [7, 11) is -5.27. The first-order valence-electron chi connectivity index (χ1n) is 29.6. The Labute approximate surface area is 529 Å². The average molecular weight is 1300 g/mol. The van der Waals surface area contributed by atoms with Crippen molar-refractivity contribution in [1.82, 2.24) is 25.5 Å². The average Bonchev–Trinajstić information content (AvgIpc) is 1.54. The van der Waals surface area contributed by atoms with Crippen molar-refractivity contribution in [1.29, 1.82) is 5.26 Å². The van der Waals surface area contributed by atoms with Crippen LogP contribution >= 0.6 is 7.82 Å². The number of aliphatic hydroxyl groups is 2. The number of carbonyl (C=O) groups excluding carboxylic acids is 6. The molecule has 2 fully saturated rings. The van der Waals surface area contributed by atoms with Gasteiger partial charge in [0.15, 0.2) is 6.23 Å². The number of aromatic nitrogens is 2. The van der Waals surface area contributed by atoms with Gasteiger partial charge in [-0.2, -0.15) is 5.70 Å². The zero-order valence-electron chi connectivity index (χ0n) is 52.5. The number of nitrogens with one attached hydrogen (secondary N) is 3. The van der Waals surface area contributed by atoms with Crippen LogP contribution < -0.4 is 38.0 Å². The third kappa shape index (κ3) is 13.5. The first-order valence-corrected chi connectivity index (χ1v) is 31.1. The number of amides is 6. The summed E-state index contributed by atoms with van der Waals surface area (Å²) in [5.41, 5.74) is 20.7. The third-order valence-corrected chi connectivity index (χ3v) is 21.2. The van der Waals surface area contributed by atoms with Gasteiger partial charge in [0, 0.05) is 102 Å². The van der Waals surface area contributed by atoms with Crippen LogP contribution in [0.1, 0.15) is 132 Å². The molecule has 2 aromatic rings. The molecular formula is C61H85CoN13O13P. The van der Waals surface area contributed by atoms with Crippen LogP contribution in [0.2, 0.25) is 0 Å². The quantitative estimate of drug-likeness (QED) is 0.0397. The molecule has 15 atom stereocenters. The largest absolute Gasteiger partial charge is 3.00 e. The number of nitrogens with two attached hydrogens (primary N) is 3. The van der Waals surface area contributed by atoms with Crippen molar-refractivity contribution in [3.8, 4) is 0 Å². The van der Waals surface area contributed by atoms with Crippen LogP contribution in [-0.2, 0) is 63.9 Å². The van der Waals surface area contributed by atoms with Crippen LogP contribution in [0.5, 0.6) is 0 Å². The number of benzene rings is 1. The van der Waals surface area contributed by atoms with E-state index in [0.717, 1.165) is 11.1 Å². The molecule has 486 valence electrons. The standard InChI is InChI=1S/C60H87N12O13P.CN.Co/c1-30-19-40-41(20-31(30)2)72(27-67-40)55-50(80)51(42(25-73)83-55)85-86(81,82)84-32(3)23-66-47(79)17-18-57(9)38(24-64-28-74)54-60(12)59(11,26-65-29-75)35(6)48(71-60)33(4)53-58(10,22-46(63)78)36(13-15-44(61)76)39(68-53)21-43-56(7,8)37(14-16-45(62)77)49(69-43)34(5)52(57)70-54;1-2;/h19-21,27-29,32,35-38,42,50-51,54-55,73,80H,13-18,22-26H2,1-12H3,(H11,61,62,63,64,65,66,68,69,70,71,74,75,76,77,78,79,81,82);;/q;-1;+3/p-2/t32-,35-,36-,37-,38+,42-,50-,51-,54-,55+,57-,58+,59+,60+;;/m1../s1. The summed E-state index contributed by atoms with van der Waals surface area (Å²) in [6, 6.07) is 2.97. The third-order valence-electron chi connectivity index (χ3n) is 20.1. The van der Waals surface area contributed by atoms with Crippen LogP contribution in [0.3, 0.4) is 0 Å². The zero-order valence-corrected chi connectivity index (χ0v) is 54.5. The fourth-order valence-electron chi connectivity index (χ4n) is 14.6. The second-order valence-electron chi connectivity index (χ2n) is 25.9. The normalized spacial score (nSPS) is 34.1. The Bertz CT molecular complexity index is 3380. The Morgan fingerprint density at radius 1 is 0.921 bits per heavy atom. The summed E-state index contributed by atoms with van der Waals surface area (Å²) in [6.45, 7) is 26.9. The summed E-state index contributed by atoms with van der Waals surface area (Å²) >= 11 is 0. The Morgan fingerprint density at radius 2 is 1.55 bits per heavy atom. The number of hydrogen-bond donors (Lipinski definition) is 8. The molecule has 0 spiro atoms. The molecule has 0 saturated carbocycles. The number of aliphatic imine (C=N–C) groups is 3. The first kappa shape index (κ1) is 71.6. The second kappa shape index (κ2) is 27.5. The molecule has 0 radical (unpaired) electrons. The van der Waals surface area contributed by atoms with Crippen molar-refractivity contribution < 1.29 is 79.0 Å². The number of ether oxygens (including phenoxy) is 1. The molecule has 1 aromatic carbocycles. The summed E-state index contributed by atoms with van der Waals surface area (Å²) in [5, 5.41) is 42.3. The molecule has 6 aliphatic heterocycles. The van der Waals surface area contributed by atoms with Gasteiger partial charge < -0.3 is 83.8 Å². The summed E-state index contributed by atoms with van der Waals surface area (Å²) in [5.74, 6) is -4.15. The van der Waals surface area contributed by atoms with Gasteiger partial charge in [0.1, 0.15) is 18.3 Å². The molecule has 8 rings (SSSR count). The van der Waals surface area contributed by atoms with Gasteiger partial charge in [0.05, 0.1) is 41.3 Å². The van der Waals surface area contributed by atoms with Crippen LogP contribution in [0, 0.1) is 71.0 Å². The van der Waals surface area contributed by atoms with E-state index in [1.165, 1.54) is 13.3 Å². The van der Waals surface area contributed by atoms with Gasteiger partial charge in [-0.1, -0.05) is 47.6 Å². The van der Waals surface area contributed by atoms with Crippen molar-refractivity contribution in [2.24, 2.45) is 77.5 Å². The molecule has 2 saturated heterocycles. The Morgan fingerprint density at radius 3 is 2.16 bits per heavy atom. The van der Waals surface area contributed by atoms with E-state index in [1.54, 1.807) is 4.57 Å². The van der Waals surface area contributed by atoms with Crippen LogP contribution in [0.25, 0.3) is 16.4 Å². The number of nitrogens with zero attached hydrogens (tertiary/aromatic N) is 7. The number of hydrogen-bond acceptors (Lipinski definition) is 18. The summed E-state index contributed by atoms with van der Waals surface area (Å²) in [6.07, 6.45) is -1.88. The van der Waals surface area contributed by atoms with Gasteiger partial charge >= 0.3 is 16.8 Å². The van der Waals surface area contributed by atoms with Crippen LogP contribution in [0.15, 0.2) is 67.8 Å². The van der Waals surface area contributed by atoms with Gasteiger partial charge in [0.25, 0.3) is 7.82 Å². The molecule has 8 bridgehead atoms. The number of carbonyl (C=O) groups is 6. The molecule has 6 amide bonds. The zero-order chi connectivity index (χ0) is 65.4. The Balaban J connectivity index is 0.00000416. The summed E-state index contributed by atoms with van der Waals surface area (Å²) < 4.78 is 31.9. The molecule has 11 N–H and O–H groups in total. The number of allylic oxidation sites excluding steroid dienone is 6. The van der Waals surface area contributed by atoms with Gasteiger partial charge in [-0.25, -0.2) is 4.98 Å². The monoisotopic (exact) mass is 1300 g/mol. The van der Waals surface area contributed by atoms with Crippen molar-refractivity contribution in [3.05, 3.63) is 75.8 Å². The number of imidazole rings is 1. The molecule has 6 aliphatic rings. The van der Waals surface area contributed by atoms with E-state index < -0.39 is 126 Å². The molecule has 1 unspecified atom stereocenters. The number of phosphoric ester groups is 1. The minimum absolute atomic E-state index is 0. The van der Waals surface area contributed by atoms with Crippen molar-refractivity contribution in [2.45, 2.75) is 170 Å². The molecule has 0 aliphatic carbocycles. The van der Waals surface area contributed by atoms with E-state index in [-0.39, 0.29) is 81.4 Å². The predicted octanol–water partition coefficient (Wildman–Crippen LogP) is 3.90. The molecule has 7 heterocycles. The maximum atomic E-state index is 14.3. The van der Waals surface area contributed by atoms with Crippen LogP contribution in [-0.4, -0.2) is 136 Å². The minimum Gasteiger partial charge on any atom is -0.756 e. The van der Waals surface area contributed by atoms with E-state index in [4.69, 9.17) is 63.1 Å². The Kier molecular flexibility index (Phi) is 22.2. The second-order valence-corrected chi connectivity index (χ2v) is 27.2. The maximum absolute atomic E-state index is 14.3. The van der Waals surface area contributed by atoms with E-state index in [0.29, 0.717) is 69.2 Å². The van der Waals surface area contributed by atoms with Gasteiger partial charge in [-0.3, -0.25) is 48.3 Å². The van der Waals surface area contributed by atoms with E-state index in [9.17, 15) is 48.4 Å². The number of rotatable bonds is 25. The van der Waals surface area contributed by atoms with Gasteiger partial charge in [0.2, 0.25) is 36.4 Å². The number of fused-ring (bicyclic) bond motifs is 7. The van der Waals surface area contributed by atoms with E-state index >= 15 is 0 Å². The minimum atomic E-state index is -5.27. The molecule has 1 aromatic heterocycles. The van der Waals surface area contributed by atoms with Crippen molar-refractivity contribution in [2.75, 3.05) is 26.2 Å². The number of phosphoric acid groups is 1. The fourth-order valence-corrected chi connectivity index (χ4v) is 15.8. The first-order chi connectivity index (χ1) is 41.2. The topological polar surface area (TPSA) is 418 Å². The SMILES string of the molecule is C/C1=C2/[N-][C@H]([C@H](CNC=O)[C@@]2(C)CCC(=O)NC[C@@H](C)OP(=O)([O-])O[C@H]2[C@@H](O)[C@@H](n3cnc4cc(C)c(C)cc43)O[C@@H]2CO)[C@]2(C)N=C(/C(C)=C3N=C(/C=C4N=C1[C@@H](CCC(N)=O)C\4(C)C)[C@@H](CCC(N)=O)[C@]\3(C)CC(N)=O)[C@@H](C)[C@]2(C)CNC=O.[C-]#N.[Co+3]. The van der Waals surface area contributed by atoms with Crippen molar-refractivity contribution >= 4 is 72.4 Å². The van der Waals surface area contributed by atoms with Crippen molar-refractivity contribution in [3.63, 3.8) is 0 Å². The Hall–Kier alpha value is -6.47. The van der Waals surface area contributed by atoms with E-state index in [1.807, 2.05) is 94.4 Å².